The van der Waals surface area contributed by atoms with Crippen molar-refractivity contribution in [2.45, 2.75) is 6.92 Å². The molecule has 0 aliphatic rings. The van der Waals surface area contributed by atoms with Crippen LogP contribution in [0.15, 0.2) is 42.6 Å². The second-order valence-corrected chi connectivity index (χ2v) is 3.57. The molecule has 0 fully saturated rings. The third-order valence-electron chi connectivity index (χ3n) is 2.52. The Bertz CT molecular complexity index is 489. The van der Waals surface area contributed by atoms with Crippen molar-refractivity contribution in [3.8, 4) is 17.0 Å². The molecule has 2 rings (SSSR count). The Hall–Kier alpha value is -2.03. The maximum Gasteiger partial charge on any atom is 0.230 e. The van der Waals surface area contributed by atoms with E-state index < -0.39 is 0 Å². The van der Waals surface area contributed by atoms with Crippen LogP contribution in [0, 0.1) is 12.1 Å². The molecule has 0 N–H and O–H groups in total. The van der Waals surface area contributed by atoms with Crippen LogP contribution in [0.2, 0.25) is 0 Å². The summed E-state index contributed by atoms with van der Waals surface area (Å²) in [5.74, 6) is 0.710. The Balaban J connectivity index is 2.67. The lowest BCUT2D eigenvalue weighted by Gasteiger charge is -2.10. The molecule has 16 heavy (non-hydrogen) atoms. The Morgan fingerprint density at radius 1 is 1.12 bits per heavy atom. The largest absolute Gasteiger partial charge is 0.618 e. The second-order valence-electron chi connectivity index (χ2n) is 3.57. The van der Waals surface area contributed by atoms with Crippen LogP contribution in [-0.2, 0) is 0 Å². The topological polar surface area (TPSA) is 36.2 Å². The minimum atomic E-state index is 0.639. The molecular formula is C13H13NO2. The standard InChI is InChI=1S/C13H13NO2/c1-10-6-5-9-14(15)13(10)11-7-3-4-8-12(11)16-2/h3-9H,1-2H3. The highest BCUT2D eigenvalue weighted by Gasteiger charge is 2.15. The summed E-state index contributed by atoms with van der Waals surface area (Å²) in [6.45, 7) is 1.91. The number of rotatable bonds is 2. The van der Waals surface area contributed by atoms with Crippen molar-refractivity contribution in [3.05, 3.63) is 53.4 Å². The van der Waals surface area contributed by atoms with E-state index in [0.29, 0.717) is 11.4 Å². The monoisotopic (exact) mass is 215 g/mol. The average Bonchev–Trinajstić information content (AvgIpc) is 2.29. The first-order chi connectivity index (χ1) is 7.74. The first kappa shape index (κ1) is 10.5. The van der Waals surface area contributed by atoms with Gasteiger partial charge in [0.25, 0.3) is 0 Å². The Labute approximate surface area is 94.5 Å². The predicted molar refractivity (Wildman–Crippen MR) is 62.1 cm³/mol. The third kappa shape index (κ3) is 1.72. The number of aryl methyl sites for hydroxylation is 1. The summed E-state index contributed by atoms with van der Waals surface area (Å²) in [5, 5.41) is 11.8. The molecule has 82 valence electrons. The summed E-state index contributed by atoms with van der Waals surface area (Å²) < 4.78 is 6.13. The number of hydrogen-bond donors (Lipinski definition) is 0. The van der Waals surface area contributed by atoms with Gasteiger partial charge in [-0.15, -0.1) is 0 Å². The van der Waals surface area contributed by atoms with Crippen molar-refractivity contribution >= 4 is 0 Å². The van der Waals surface area contributed by atoms with E-state index in [1.165, 1.54) is 6.20 Å². The number of para-hydroxylation sites is 1. The fourth-order valence-electron chi connectivity index (χ4n) is 1.76. The van der Waals surface area contributed by atoms with Gasteiger partial charge in [0.15, 0.2) is 6.20 Å². The zero-order chi connectivity index (χ0) is 11.5. The molecule has 0 aliphatic carbocycles. The SMILES string of the molecule is COc1ccccc1-c1c(C)ccc[n+]1[O-]. The Morgan fingerprint density at radius 2 is 1.88 bits per heavy atom. The number of aromatic nitrogens is 1. The molecule has 0 saturated heterocycles. The first-order valence-electron chi connectivity index (χ1n) is 5.06. The van der Waals surface area contributed by atoms with Crippen molar-refractivity contribution in [3.63, 3.8) is 0 Å². The fourth-order valence-corrected chi connectivity index (χ4v) is 1.76. The summed E-state index contributed by atoms with van der Waals surface area (Å²) in [4.78, 5) is 0. The highest BCUT2D eigenvalue weighted by atomic mass is 16.5. The molecule has 0 aliphatic heterocycles. The minimum Gasteiger partial charge on any atom is -0.618 e. The van der Waals surface area contributed by atoms with Crippen LogP contribution in [-0.4, -0.2) is 7.11 Å². The molecule has 3 nitrogen and oxygen atoms in total. The van der Waals surface area contributed by atoms with Gasteiger partial charge in [0.2, 0.25) is 5.69 Å². The quantitative estimate of drug-likeness (QED) is 0.569. The molecule has 0 unspecified atom stereocenters. The molecule has 1 heterocycles. The highest BCUT2D eigenvalue weighted by molar-refractivity contribution is 5.67. The van der Waals surface area contributed by atoms with Gasteiger partial charge >= 0.3 is 0 Å². The molecule has 0 radical (unpaired) electrons. The van der Waals surface area contributed by atoms with Gasteiger partial charge in [-0.3, -0.25) is 0 Å². The van der Waals surface area contributed by atoms with E-state index in [0.717, 1.165) is 15.9 Å². The number of ether oxygens (including phenoxy) is 1. The maximum absolute atomic E-state index is 11.8. The third-order valence-corrected chi connectivity index (χ3v) is 2.52. The van der Waals surface area contributed by atoms with E-state index in [4.69, 9.17) is 4.74 Å². The lowest BCUT2D eigenvalue weighted by molar-refractivity contribution is -0.594. The number of methoxy groups -OCH3 is 1. The molecule has 0 bridgehead atoms. The van der Waals surface area contributed by atoms with Crippen molar-refractivity contribution in [2.24, 2.45) is 0 Å². The Morgan fingerprint density at radius 3 is 2.56 bits per heavy atom. The van der Waals surface area contributed by atoms with Gasteiger partial charge in [0.1, 0.15) is 5.75 Å². The molecule has 0 atom stereocenters. The van der Waals surface area contributed by atoms with Crippen LogP contribution in [0.1, 0.15) is 5.56 Å². The van der Waals surface area contributed by atoms with E-state index in [-0.39, 0.29) is 0 Å². The molecule has 0 spiro atoms. The normalized spacial score (nSPS) is 10.1. The van der Waals surface area contributed by atoms with E-state index in [1.54, 1.807) is 13.2 Å². The molecule has 1 aromatic carbocycles. The van der Waals surface area contributed by atoms with Gasteiger partial charge < -0.3 is 9.94 Å². The maximum atomic E-state index is 11.8. The van der Waals surface area contributed by atoms with Crippen LogP contribution in [0.3, 0.4) is 0 Å². The summed E-state index contributed by atoms with van der Waals surface area (Å²) >= 11 is 0. The van der Waals surface area contributed by atoms with Gasteiger partial charge in [-0.1, -0.05) is 12.1 Å². The highest BCUT2D eigenvalue weighted by Crippen LogP contribution is 2.28. The molecule has 0 amide bonds. The fraction of sp³-hybridized carbons (Fsp3) is 0.154. The average molecular weight is 215 g/mol. The zero-order valence-corrected chi connectivity index (χ0v) is 9.31. The summed E-state index contributed by atoms with van der Waals surface area (Å²) in [6, 6.07) is 11.2. The van der Waals surface area contributed by atoms with Gasteiger partial charge in [-0.25, -0.2) is 0 Å². The van der Waals surface area contributed by atoms with Crippen LogP contribution in [0.25, 0.3) is 11.3 Å². The lowest BCUT2D eigenvalue weighted by atomic mass is 10.1. The minimum absolute atomic E-state index is 0.639. The van der Waals surface area contributed by atoms with Crippen molar-refractivity contribution in [1.82, 2.24) is 0 Å². The molecule has 0 saturated carbocycles. The van der Waals surface area contributed by atoms with Crippen molar-refractivity contribution in [2.75, 3.05) is 7.11 Å². The number of nitrogens with zero attached hydrogens (tertiary/aromatic N) is 1. The van der Waals surface area contributed by atoms with Crippen LogP contribution >= 0.6 is 0 Å². The van der Waals surface area contributed by atoms with Crippen molar-refractivity contribution in [1.29, 1.82) is 0 Å². The lowest BCUT2D eigenvalue weighted by Crippen LogP contribution is -2.29. The smallest absolute Gasteiger partial charge is 0.230 e. The van der Waals surface area contributed by atoms with Crippen molar-refractivity contribution < 1.29 is 9.47 Å². The van der Waals surface area contributed by atoms with E-state index in [1.807, 2.05) is 37.3 Å². The molecular weight excluding hydrogens is 202 g/mol. The zero-order valence-electron chi connectivity index (χ0n) is 9.31. The van der Waals surface area contributed by atoms with Crippen LogP contribution < -0.4 is 9.47 Å². The van der Waals surface area contributed by atoms with E-state index in [9.17, 15) is 5.21 Å². The van der Waals surface area contributed by atoms with E-state index in [2.05, 4.69) is 0 Å². The van der Waals surface area contributed by atoms with Gasteiger partial charge in [0.05, 0.1) is 12.7 Å². The first-order valence-corrected chi connectivity index (χ1v) is 5.06. The van der Waals surface area contributed by atoms with E-state index >= 15 is 0 Å². The number of hydrogen-bond acceptors (Lipinski definition) is 2. The second kappa shape index (κ2) is 4.23. The molecule has 1 aromatic heterocycles. The van der Waals surface area contributed by atoms with Gasteiger partial charge in [-0.05, 0) is 25.1 Å². The number of benzene rings is 1. The number of pyridine rings is 1. The van der Waals surface area contributed by atoms with Crippen LogP contribution in [0.4, 0.5) is 0 Å². The van der Waals surface area contributed by atoms with Gasteiger partial charge in [-0.2, -0.15) is 4.73 Å². The Kier molecular flexibility index (Phi) is 2.77. The summed E-state index contributed by atoms with van der Waals surface area (Å²) in [6.07, 6.45) is 1.49. The molecule has 3 heteroatoms. The predicted octanol–water partition coefficient (Wildman–Crippen LogP) is 2.30. The van der Waals surface area contributed by atoms with Crippen LogP contribution in [0.5, 0.6) is 5.75 Å². The van der Waals surface area contributed by atoms with Gasteiger partial charge in [0, 0.05) is 11.6 Å². The molecule has 2 aromatic rings. The summed E-state index contributed by atoms with van der Waals surface area (Å²) in [7, 11) is 1.60. The summed E-state index contributed by atoms with van der Waals surface area (Å²) in [5.41, 5.74) is 2.39.